The molecule has 1 aromatic rings. The Labute approximate surface area is 116 Å². The Balaban J connectivity index is 2.30. The van der Waals surface area contributed by atoms with Crippen LogP contribution in [0, 0.1) is 17.7 Å². The van der Waals surface area contributed by atoms with E-state index in [2.05, 4.69) is 26.1 Å². The van der Waals surface area contributed by atoms with Gasteiger partial charge in [0.15, 0.2) is 0 Å². The van der Waals surface area contributed by atoms with Crippen LogP contribution >= 0.6 is 0 Å². The molecule has 3 atom stereocenters. The van der Waals surface area contributed by atoms with Gasteiger partial charge in [-0.2, -0.15) is 0 Å². The van der Waals surface area contributed by atoms with E-state index in [1.165, 1.54) is 19.3 Å². The maximum atomic E-state index is 14.1. The third-order valence-corrected chi connectivity index (χ3v) is 4.98. The lowest BCUT2D eigenvalue weighted by molar-refractivity contribution is 0.149. The molecule has 1 saturated carbocycles. The molecular formula is C17H26FN. The zero-order chi connectivity index (χ0) is 14.0. The van der Waals surface area contributed by atoms with Crippen molar-refractivity contribution in [2.24, 2.45) is 11.8 Å². The Bertz CT molecular complexity index is 427. The van der Waals surface area contributed by atoms with Gasteiger partial charge in [0.05, 0.1) is 0 Å². The SMILES string of the molecule is CNC1CC(C)CCC1C(C)(C)c1ccccc1F. The molecule has 0 aliphatic heterocycles. The Morgan fingerprint density at radius 1 is 1.21 bits per heavy atom. The molecule has 1 aliphatic carbocycles. The third kappa shape index (κ3) is 2.84. The Morgan fingerprint density at radius 3 is 2.53 bits per heavy atom. The first-order valence-electron chi connectivity index (χ1n) is 7.39. The Morgan fingerprint density at radius 2 is 1.89 bits per heavy atom. The number of rotatable bonds is 3. The molecule has 2 rings (SSSR count). The molecule has 0 heterocycles. The van der Waals surface area contributed by atoms with E-state index in [1.807, 2.05) is 19.2 Å². The van der Waals surface area contributed by atoms with Crippen LogP contribution in [0.1, 0.15) is 45.6 Å². The topological polar surface area (TPSA) is 12.0 Å². The molecule has 106 valence electrons. The zero-order valence-electron chi connectivity index (χ0n) is 12.5. The minimum Gasteiger partial charge on any atom is -0.317 e. The lowest BCUT2D eigenvalue weighted by Crippen LogP contribution is -2.47. The van der Waals surface area contributed by atoms with E-state index in [4.69, 9.17) is 0 Å². The fourth-order valence-corrected chi connectivity index (χ4v) is 3.75. The van der Waals surface area contributed by atoms with Gasteiger partial charge in [0.1, 0.15) is 5.82 Å². The molecule has 0 saturated heterocycles. The standard InChI is InChI=1S/C17H26FN/c1-12-9-10-14(16(11-12)19-4)17(2,3)13-7-5-6-8-15(13)18/h5-8,12,14,16,19H,9-11H2,1-4H3. The van der Waals surface area contributed by atoms with E-state index in [1.54, 1.807) is 12.1 Å². The summed E-state index contributed by atoms with van der Waals surface area (Å²) in [5.41, 5.74) is 0.730. The lowest BCUT2D eigenvalue weighted by Gasteiger charge is -2.44. The van der Waals surface area contributed by atoms with Crippen LogP contribution in [0.5, 0.6) is 0 Å². The summed E-state index contributed by atoms with van der Waals surface area (Å²) in [7, 11) is 2.03. The molecule has 1 N–H and O–H groups in total. The molecular weight excluding hydrogens is 237 g/mol. The first kappa shape index (κ1) is 14.5. The number of hydrogen-bond acceptors (Lipinski definition) is 1. The van der Waals surface area contributed by atoms with Crippen molar-refractivity contribution in [2.45, 2.75) is 51.5 Å². The predicted molar refractivity (Wildman–Crippen MR) is 78.8 cm³/mol. The van der Waals surface area contributed by atoms with Crippen molar-refractivity contribution < 1.29 is 4.39 Å². The van der Waals surface area contributed by atoms with Gasteiger partial charge in [-0.3, -0.25) is 0 Å². The minimum absolute atomic E-state index is 0.0685. The van der Waals surface area contributed by atoms with Gasteiger partial charge in [0.25, 0.3) is 0 Å². The number of halogens is 1. The Kier molecular flexibility index (Phi) is 4.29. The van der Waals surface area contributed by atoms with Gasteiger partial charge >= 0.3 is 0 Å². The molecule has 0 spiro atoms. The van der Waals surface area contributed by atoms with Crippen molar-refractivity contribution in [1.82, 2.24) is 5.32 Å². The second-order valence-electron chi connectivity index (χ2n) is 6.62. The molecule has 1 aromatic carbocycles. The predicted octanol–water partition coefficient (Wildman–Crippen LogP) is 4.13. The number of nitrogens with one attached hydrogen (secondary N) is 1. The first-order chi connectivity index (χ1) is 8.96. The number of benzene rings is 1. The summed E-state index contributed by atoms with van der Waals surface area (Å²) < 4.78 is 14.1. The van der Waals surface area contributed by atoms with Crippen LogP contribution in [0.4, 0.5) is 4.39 Å². The molecule has 1 nitrogen and oxygen atoms in total. The van der Waals surface area contributed by atoms with Crippen molar-refractivity contribution in [3.63, 3.8) is 0 Å². The van der Waals surface area contributed by atoms with Crippen molar-refractivity contribution >= 4 is 0 Å². The average Bonchev–Trinajstić information content (AvgIpc) is 2.38. The van der Waals surface area contributed by atoms with Gasteiger partial charge in [0, 0.05) is 6.04 Å². The van der Waals surface area contributed by atoms with Gasteiger partial charge in [-0.15, -0.1) is 0 Å². The van der Waals surface area contributed by atoms with Gasteiger partial charge in [-0.05, 0) is 48.8 Å². The fourth-order valence-electron chi connectivity index (χ4n) is 3.75. The van der Waals surface area contributed by atoms with Crippen LogP contribution in [-0.2, 0) is 5.41 Å². The van der Waals surface area contributed by atoms with E-state index >= 15 is 0 Å². The highest BCUT2D eigenvalue weighted by atomic mass is 19.1. The van der Waals surface area contributed by atoms with Crippen LogP contribution < -0.4 is 5.32 Å². The van der Waals surface area contributed by atoms with E-state index in [-0.39, 0.29) is 11.2 Å². The van der Waals surface area contributed by atoms with Crippen LogP contribution in [-0.4, -0.2) is 13.1 Å². The van der Waals surface area contributed by atoms with E-state index in [9.17, 15) is 4.39 Å². The Hall–Kier alpha value is -0.890. The quantitative estimate of drug-likeness (QED) is 0.864. The zero-order valence-corrected chi connectivity index (χ0v) is 12.5. The molecule has 0 aromatic heterocycles. The summed E-state index contributed by atoms with van der Waals surface area (Å²) in [5.74, 6) is 1.19. The van der Waals surface area contributed by atoms with E-state index in [0.29, 0.717) is 12.0 Å². The van der Waals surface area contributed by atoms with E-state index < -0.39 is 0 Å². The third-order valence-electron chi connectivity index (χ3n) is 4.98. The molecule has 3 unspecified atom stereocenters. The summed E-state index contributed by atoms with van der Waals surface area (Å²) in [6, 6.07) is 7.73. The molecule has 1 fully saturated rings. The summed E-state index contributed by atoms with van der Waals surface area (Å²) >= 11 is 0. The van der Waals surface area contributed by atoms with Crippen molar-refractivity contribution in [1.29, 1.82) is 0 Å². The molecule has 1 aliphatic rings. The fraction of sp³-hybridized carbons (Fsp3) is 0.647. The molecule has 0 radical (unpaired) electrons. The largest absolute Gasteiger partial charge is 0.317 e. The van der Waals surface area contributed by atoms with Gasteiger partial charge in [0.2, 0.25) is 0 Å². The van der Waals surface area contributed by atoms with Gasteiger partial charge in [-0.1, -0.05) is 45.4 Å². The molecule has 19 heavy (non-hydrogen) atoms. The van der Waals surface area contributed by atoms with Crippen molar-refractivity contribution in [3.8, 4) is 0 Å². The van der Waals surface area contributed by atoms with Gasteiger partial charge in [-0.25, -0.2) is 4.39 Å². The second-order valence-corrected chi connectivity index (χ2v) is 6.62. The summed E-state index contributed by atoms with van der Waals surface area (Å²) in [4.78, 5) is 0. The maximum Gasteiger partial charge on any atom is 0.126 e. The average molecular weight is 263 g/mol. The smallest absolute Gasteiger partial charge is 0.126 e. The van der Waals surface area contributed by atoms with Crippen LogP contribution in [0.2, 0.25) is 0 Å². The second kappa shape index (κ2) is 5.62. The van der Waals surface area contributed by atoms with Crippen LogP contribution in [0.3, 0.4) is 0 Å². The molecule has 0 amide bonds. The van der Waals surface area contributed by atoms with Crippen LogP contribution in [0.15, 0.2) is 24.3 Å². The van der Waals surface area contributed by atoms with E-state index in [0.717, 1.165) is 11.5 Å². The number of hydrogen-bond donors (Lipinski definition) is 1. The monoisotopic (exact) mass is 263 g/mol. The highest BCUT2D eigenvalue weighted by molar-refractivity contribution is 5.27. The minimum atomic E-state index is -0.126. The maximum absolute atomic E-state index is 14.1. The van der Waals surface area contributed by atoms with Crippen molar-refractivity contribution in [2.75, 3.05) is 7.05 Å². The van der Waals surface area contributed by atoms with Crippen molar-refractivity contribution in [3.05, 3.63) is 35.6 Å². The highest BCUT2D eigenvalue weighted by Gasteiger charge is 2.40. The lowest BCUT2D eigenvalue weighted by atomic mass is 9.63. The summed E-state index contributed by atoms with van der Waals surface area (Å²) in [6.45, 7) is 6.70. The molecule has 2 heteroatoms. The molecule has 0 bridgehead atoms. The summed E-state index contributed by atoms with van der Waals surface area (Å²) in [5, 5.41) is 3.46. The summed E-state index contributed by atoms with van der Waals surface area (Å²) in [6.07, 6.45) is 3.62. The highest BCUT2D eigenvalue weighted by Crippen LogP contribution is 2.42. The van der Waals surface area contributed by atoms with Gasteiger partial charge < -0.3 is 5.32 Å². The normalized spacial score (nSPS) is 28.4. The first-order valence-corrected chi connectivity index (χ1v) is 7.39. The van der Waals surface area contributed by atoms with Crippen LogP contribution in [0.25, 0.3) is 0 Å².